The second kappa shape index (κ2) is 20.5. The Bertz CT molecular complexity index is 1220. The second-order valence-corrected chi connectivity index (χ2v) is 12.8. The predicted molar refractivity (Wildman–Crippen MR) is 186 cm³/mol. The zero-order valence-corrected chi connectivity index (χ0v) is 29.0. The van der Waals surface area contributed by atoms with Gasteiger partial charge in [-0.1, -0.05) is 88.6 Å². The molecule has 3 unspecified atom stereocenters. The number of carbonyl (C=O) groups excluding carboxylic acids is 2. The summed E-state index contributed by atoms with van der Waals surface area (Å²) in [5.41, 5.74) is 1.39. The molecule has 8 nitrogen and oxygen atoms in total. The first kappa shape index (κ1) is 36.8. The number of benzene rings is 2. The molecule has 3 N–H and O–H groups in total. The molecule has 0 spiro atoms. The van der Waals surface area contributed by atoms with Gasteiger partial charge in [0.2, 0.25) is 11.8 Å². The van der Waals surface area contributed by atoms with E-state index in [1.54, 1.807) is 18.1 Å². The number of nitrogens with zero attached hydrogens (tertiary/aromatic N) is 1. The average Bonchev–Trinajstić information content (AvgIpc) is 3.05. The van der Waals surface area contributed by atoms with Gasteiger partial charge in [0.15, 0.2) is 0 Å². The van der Waals surface area contributed by atoms with Crippen LogP contribution in [0.25, 0.3) is 0 Å². The van der Waals surface area contributed by atoms with Crippen LogP contribution in [0.15, 0.2) is 60.2 Å². The lowest BCUT2D eigenvalue weighted by atomic mass is 9.87. The minimum Gasteiger partial charge on any atom is -0.496 e. The Morgan fingerprint density at radius 1 is 0.956 bits per heavy atom. The summed E-state index contributed by atoms with van der Waals surface area (Å²) in [4.78, 5) is 28.8. The topological polar surface area (TPSA) is 108 Å². The minimum atomic E-state index is -1.06. The van der Waals surface area contributed by atoms with E-state index in [0.29, 0.717) is 30.7 Å². The molecule has 9 heteroatoms. The molecular formula is C36H51IN2O6. The largest absolute Gasteiger partial charge is 0.496 e. The average molecular weight is 735 g/mol. The van der Waals surface area contributed by atoms with E-state index < -0.39 is 18.2 Å². The highest BCUT2D eigenvalue weighted by atomic mass is 127. The summed E-state index contributed by atoms with van der Waals surface area (Å²) in [6.07, 6.45) is 11.3. The minimum absolute atomic E-state index is 0.0399. The van der Waals surface area contributed by atoms with E-state index >= 15 is 0 Å². The van der Waals surface area contributed by atoms with E-state index in [4.69, 9.17) is 9.47 Å². The molecule has 3 rings (SSSR count). The van der Waals surface area contributed by atoms with Gasteiger partial charge < -0.3 is 29.9 Å². The molecule has 0 fully saturated rings. The van der Waals surface area contributed by atoms with E-state index in [1.165, 1.54) is 38.5 Å². The van der Waals surface area contributed by atoms with E-state index in [-0.39, 0.29) is 31.4 Å². The lowest BCUT2D eigenvalue weighted by molar-refractivity contribution is -0.138. The fourth-order valence-corrected chi connectivity index (χ4v) is 6.34. The highest BCUT2D eigenvalue weighted by Crippen LogP contribution is 2.31. The highest BCUT2D eigenvalue weighted by Gasteiger charge is 2.40. The number of unbranched alkanes of at least 4 members (excludes halogenated alkanes) is 8. The molecule has 3 atom stereocenters. The monoisotopic (exact) mass is 734 g/mol. The Morgan fingerprint density at radius 3 is 2.27 bits per heavy atom. The number of halogens is 1. The normalized spacial score (nSPS) is 17.8. The van der Waals surface area contributed by atoms with Crippen LogP contribution in [0.5, 0.6) is 11.5 Å². The third-order valence-electron chi connectivity index (χ3n) is 8.34. The van der Waals surface area contributed by atoms with E-state index in [2.05, 4.69) is 34.8 Å². The van der Waals surface area contributed by atoms with Crippen LogP contribution in [0.4, 0.5) is 0 Å². The summed E-state index contributed by atoms with van der Waals surface area (Å²) in [6.45, 7) is 2.51. The number of methoxy groups -OCH3 is 1. The number of hydrogen-bond acceptors (Lipinski definition) is 6. The molecule has 2 aromatic carbocycles. The molecule has 248 valence electrons. The second-order valence-electron chi connectivity index (χ2n) is 11.7. The summed E-state index contributed by atoms with van der Waals surface area (Å²) >= 11 is 2.18. The number of hydrogen-bond donors (Lipinski definition) is 3. The summed E-state index contributed by atoms with van der Waals surface area (Å²) < 4.78 is 12.7. The molecule has 0 heterocycles. The van der Waals surface area contributed by atoms with Gasteiger partial charge in [-0.3, -0.25) is 9.59 Å². The van der Waals surface area contributed by atoms with Crippen LogP contribution in [-0.2, 0) is 16.0 Å². The van der Waals surface area contributed by atoms with Crippen molar-refractivity contribution < 1.29 is 29.3 Å². The number of amides is 2. The molecule has 0 radical (unpaired) electrons. The summed E-state index contributed by atoms with van der Waals surface area (Å²) in [6, 6.07) is 14.6. The lowest BCUT2D eigenvalue weighted by Gasteiger charge is -2.40. The Labute approximate surface area is 282 Å². The smallest absolute Gasteiger partial charge is 0.247 e. The van der Waals surface area contributed by atoms with Crippen LogP contribution in [0.3, 0.4) is 0 Å². The fourth-order valence-electron chi connectivity index (χ4n) is 5.82. The van der Waals surface area contributed by atoms with E-state index in [0.717, 1.165) is 34.1 Å². The lowest BCUT2D eigenvalue weighted by Crippen LogP contribution is -2.55. The van der Waals surface area contributed by atoms with E-state index in [1.807, 2.05) is 48.5 Å². The van der Waals surface area contributed by atoms with E-state index in [9.17, 15) is 19.8 Å². The van der Waals surface area contributed by atoms with Crippen molar-refractivity contribution in [2.75, 3.05) is 26.8 Å². The first-order valence-electron chi connectivity index (χ1n) is 16.5. The number of aliphatic hydroxyl groups is 2. The first-order chi connectivity index (χ1) is 21.9. The Hall–Kier alpha value is -2.63. The Balaban J connectivity index is 1.80. The van der Waals surface area contributed by atoms with Crippen molar-refractivity contribution in [1.29, 1.82) is 0 Å². The molecule has 0 bridgehead atoms. The van der Waals surface area contributed by atoms with Crippen molar-refractivity contribution in [2.45, 2.75) is 102 Å². The van der Waals surface area contributed by atoms with Gasteiger partial charge in [0.1, 0.15) is 23.7 Å². The quantitative estimate of drug-likeness (QED) is 0.110. The molecule has 2 aromatic rings. The third-order valence-corrected chi connectivity index (χ3v) is 9.23. The molecule has 0 aliphatic heterocycles. The van der Waals surface area contributed by atoms with Crippen molar-refractivity contribution in [3.8, 4) is 11.5 Å². The first-order valence-corrected chi connectivity index (χ1v) is 17.6. The van der Waals surface area contributed by atoms with Gasteiger partial charge in [-0.15, -0.1) is 0 Å². The molecule has 45 heavy (non-hydrogen) atoms. The van der Waals surface area contributed by atoms with Crippen LogP contribution in [0.1, 0.15) is 83.1 Å². The van der Waals surface area contributed by atoms with Crippen LogP contribution in [-0.4, -0.2) is 72.0 Å². The molecule has 0 saturated carbocycles. The van der Waals surface area contributed by atoms with Crippen LogP contribution < -0.4 is 14.8 Å². The maximum atomic E-state index is 13.9. The van der Waals surface area contributed by atoms with Gasteiger partial charge >= 0.3 is 0 Å². The molecule has 0 saturated heterocycles. The van der Waals surface area contributed by atoms with Gasteiger partial charge in [0.05, 0.1) is 23.3 Å². The predicted octanol–water partition coefficient (Wildman–Crippen LogP) is 6.21. The number of aliphatic hydroxyl groups excluding tert-OH is 2. The SMILES string of the molecule is CCCCCCCCCCCC(=O)N(CCc1ccccc1OC)C1CC(C(=O)NCCO)=CC(Oc2ccccc2I)C1O. The van der Waals surface area contributed by atoms with Gasteiger partial charge in [-0.2, -0.15) is 0 Å². The van der Waals surface area contributed by atoms with Gasteiger partial charge in [0, 0.05) is 31.5 Å². The third kappa shape index (κ3) is 11.9. The summed E-state index contributed by atoms with van der Waals surface area (Å²) in [5.74, 6) is 0.961. The Kier molecular flexibility index (Phi) is 16.8. The number of rotatable bonds is 20. The van der Waals surface area contributed by atoms with Gasteiger partial charge in [-0.25, -0.2) is 0 Å². The fraction of sp³-hybridized carbons (Fsp3) is 0.556. The van der Waals surface area contributed by atoms with Crippen molar-refractivity contribution in [2.24, 2.45) is 0 Å². The highest BCUT2D eigenvalue weighted by molar-refractivity contribution is 14.1. The van der Waals surface area contributed by atoms with Crippen LogP contribution in [0, 0.1) is 3.57 Å². The summed E-state index contributed by atoms with van der Waals surface area (Å²) in [5, 5.41) is 23.8. The van der Waals surface area contributed by atoms with Gasteiger partial charge in [-0.05, 0) is 65.3 Å². The summed E-state index contributed by atoms with van der Waals surface area (Å²) in [7, 11) is 1.63. The zero-order chi connectivity index (χ0) is 32.4. The standard InChI is InChI=1S/C36H51IN2O6/c1-3-4-5-6-7-8-9-10-11-20-34(41)39(23-21-27-16-12-14-18-31(27)44-2)30-25-28(36(43)38-22-24-40)26-33(35(30)42)45-32-19-15-13-17-29(32)37/h12-19,26,30,33,35,40,42H,3-11,20-25H2,1-2H3,(H,38,43). The molecule has 2 amide bonds. The maximum absolute atomic E-state index is 13.9. The van der Waals surface area contributed by atoms with Gasteiger partial charge in [0.25, 0.3) is 0 Å². The molecule has 1 aliphatic carbocycles. The number of nitrogens with one attached hydrogen (secondary N) is 1. The van der Waals surface area contributed by atoms with Crippen molar-refractivity contribution in [3.63, 3.8) is 0 Å². The number of ether oxygens (including phenoxy) is 2. The van der Waals surface area contributed by atoms with Crippen LogP contribution >= 0.6 is 22.6 Å². The Morgan fingerprint density at radius 2 is 1.60 bits per heavy atom. The van der Waals surface area contributed by atoms with Crippen molar-refractivity contribution in [3.05, 3.63) is 69.3 Å². The molecular weight excluding hydrogens is 683 g/mol. The van der Waals surface area contributed by atoms with Crippen LogP contribution in [0.2, 0.25) is 0 Å². The zero-order valence-electron chi connectivity index (χ0n) is 26.9. The number of para-hydroxylation sites is 2. The maximum Gasteiger partial charge on any atom is 0.247 e. The number of carbonyl (C=O) groups is 2. The molecule has 0 aromatic heterocycles. The molecule has 1 aliphatic rings. The van der Waals surface area contributed by atoms with Crippen molar-refractivity contribution >= 4 is 34.4 Å². The van der Waals surface area contributed by atoms with Crippen molar-refractivity contribution in [1.82, 2.24) is 10.2 Å².